The Labute approximate surface area is 105 Å². The summed E-state index contributed by atoms with van der Waals surface area (Å²) in [6.07, 6.45) is 3.75. The van der Waals surface area contributed by atoms with Crippen LogP contribution in [0.2, 0.25) is 0 Å². The number of hydrogen-bond donors (Lipinski definition) is 1. The van der Waals surface area contributed by atoms with E-state index in [1.165, 1.54) is 0 Å². The maximum atomic E-state index is 11.6. The Hall–Kier alpha value is -2.30. The number of esters is 1. The normalized spacial score (nSPS) is 10.2. The number of carbonyl (C=O) groups excluding carboxylic acids is 1. The van der Waals surface area contributed by atoms with Crippen LogP contribution in [0.4, 0.5) is 5.69 Å². The van der Waals surface area contributed by atoms with Gasteiger partial charge in [-0.25, -0.2) is 0 Å². The minimum atomic E-state index is -0.257. The molecule has 0 radical (unpaired) electrons. The van der Waals surface area contributed by atoms with E-state index in [4.69, 9.17) is 10.5 Å². The van der Waals surface area contributed by atoms with E-state index in [0.717, 1.165) is 5.56 Å². The van der Waals surface area contributed by atoms with Crippen LogP contribution in [-0.2, 0) is 22.5 Å². The van der Waals surface area contributed by atoms with Crippen molar-refractivity contribution >= 4 is 11.7 Å². The monoisotopic (exact) mass is 245 g/mol. The molecule has 2 N–H and O–H groups in total. The second kappa shape index (κ2) is 5.86. The summed E-state index contributed by atoms with van der Waals surface area (Å²) in [4.78, 5) is 11.6. The number of ether oxygens (including phenoxy) is 1. The fourth-order valence-corrected chi connectivity index (χ4v) is 1.61. The van der Waals surface area contributed by atoms with Crippen molar-refractivity contribution in [3.63, 3.8) is 0 Å². The fraction of sp³-hybridized carbons (Fsp3) is 0.231. The third-order valence-electron chi connectivity index (χ3n) is 2.44. The number of hydrogen-bond acceptors (Lipinski definition) is 4. The van der Waals surface area contributed by atoms with Gasteiger partial charge in [0.15, 0.2) is 0 Å². The van der Waals surface area contributed by atoms with Crippen LogP contribution in [0.5, 0.6) is 0 Å². The van der Waals surface area contributed by atoms with Crippen molar-refractivity contribution < 1.29 is 9.53 Å². The largest absolute Gasteiger partial charge is 0.463 e. The summed E-state index contributed by atoms with van der Waals surface area (Å²) in [6, 6.07) is 9.06. The number of rotatable bonds is 5. The van der Waals surface area contributed by atoms with Crippen LogP contribution < -0.4 is 5.73 Å². The number of nitrogens with two attached hydrogens (primary N) is 1. The zero-order valence-corrected chi connectivity index (χ0v) is 9.95. The molecule has 0 atom stereocenters. The Morgan fingerprint density at radius 3 is 3.00 bits per heavy atom. The van der Waals surface area contributed by atoms with E-state index in [-0.39, 0.29) is 12.4 Å². The lowest BCUT2D eigenvalue weighted by molar-refractivity contribution is -0.143. The second-order valence-electron chi connectivity index (χ2n) is 3.91. The van der Waals surface area contributed by atoms with Crippen molar-refractivity contribution in [3.8, 4) is 0 Å². The number of benzene rings is 1. The lowest BCUT2D eigenvalue weighted by atomic mass is 10.1. The SMILES string of the molecule is Nc1cccc(CC(=O)OCCn2cccn2)c1. The zero-order chi connectivity index (χ0) is 12.8. The summed E-state index contributed by atoms with van der Waals surface area (Å²) in [5.41, 5.74) is 7.15. The molecule has 0 fully saturated rings. The summed E-state index contributed by atoms with van der Waals surface area (Å²) in [6.45, 7) is 0.887. The van der Waals surface area contributed by atoms with Crippen LogP contribution in [0.1, 0.15) is 5.56 Å². The molecule has 0 aliphatic heterocycles. The molecule has 2 rings (SSSR count). The van der Waals surface area contributed by atoms with Gasteiger partial charge in [0.05, 0.1) is 13.0 Å². The van der Waals surface area contributed by atoms with Crippen LogP contribution in [0, 0.1) is 0 Å². The van der Waals surface area contributed by atoms with E-state index >= 15 is 0 Å². The van der Waals surface area contributed by atoms with Crippen molar-refractivity contribution in [1.82, 2.24) is 9.78 Å². The summed E-state index contributed by atoms with van der Waals surface area (Å²) < 4.78 is 6.83. The highest BCUT2D eigenvalue weighted by atomic mass is 16.5. The highest BCUT2D eigenvalue weighted by Crippen LogP contribution is 2.07. The van der Waals surface area contributed by atoms with Crippen molar-refractivity contribution in [2.75, 3.05) is 12.3 Å². The molecule has 5 heteroatoms. The number of anilines is 1. The summed E-state index contributed by atoms with van der Waals surface area (Å²) in [5.74, 6) is -0.257. The van der Waals surface area contributed by atoms with Crippen LogP contribution in [0.25, 0.3) is 0 Å². The predicted molar refractivity (Wildman–Crippen MR) is 67.7 cm³/mol. The number of nitrogens with zero attached hydrogens (tertiary/aromatic N) is 2. The smallest absolute Gasteiger partial charge is 0.310 e. The molecule has 0 saturated carbocycles. The third kappa shape index (κ3) is 3.62. The molecule has 2 aromatic rings. The van der Waals surface area contributed by atoms with E-state index < -0.39 is 0 Å². The summed E-state index contributed by atoms with van der Waals surface area (Å²) in [7, 11) is 0. The van der Waals surface area contributed by atoms with E-state index in [9.17, 15) is 4.79 Å². The summed E-state index contributed by atoms with van der Waals surface area (Å²) in [5, 5.41) is 4.02. The van der Waals surface area contributed by atoms with Gasteiger partial charge in [0.2, 0.25) is 0 Å². The van der Waals surface area contributed by atoms with E-state index in [1.807, 2.05) is 24.4 Å². The summed E-state index contributed by atoms with van der Waals surface area (Å²) >= 11 is 0. The van der Waals surface area contributed by atoms with Crippen LogP contribution in [-0.4, -0.2) is 22.4 Å². The maximum Gasteiger partial charge on any atom is 0.310 e. The Balaban J connectivity index is 1.75. The molecule has 0 aliphatic rings. The van der Waals surface area contributed by atoms with Gasteiger partial charge in [-0.2, -0.15) is 5.10 Å². The zero-order valence-electron chi connectivity index (χ0n) is 9.95. The molecule has 0 bridgehead atoms. The van der Waals surface area contributed by atoms with Gasteiger partial charge in [-0.05, 0) is 23.8 Å². The highest BCUT2D eigenvalue weighted by molar-refractivity contribution is 5.72. The van der Waals surface area contributed by atoms with Crippen molar-refractivity contribution in [3.05, 3.63) is 48.3 Å². The van der Waals surface area contributed by atoms with Gasteiger partial charge in [0, 0.05) is 18.1 Å². The molecular formula is C13H15N3O2. The standard InChI is InChI=1S/C13H15N3O2/c14-12-4-1-3-11(9-12)10-13(17)18-8-7-16-6-2-5-15-16/h1-6,9H,7-8,10,14H2. The topological polar surface area (TPSA) is 70.1 Å². The molecule has 5 nitrogen and oxygen atoms in total. The first-order valence-electron chi connectivity index (χ1n) is 5.71. The first-order chi connectivity index (χ1) is 8.74. The van der Waals surface area contributed by atoms with Gasteiger partial charge < -0.3 is 10.5 Å². The number of nitrogen functional groups attached to an aromatic ring is 1. The van der Waals surface area contributed by atoms with Gasteiger partial charge in [-0.3, -0.25) is 9.48 Å². The van der Waals surface area contributed by atoms with Crippen LogP contribution >= 0.6 is 0 Å². The average Bonchev–Trinajstić information content (AvgIpc) is 2.82. The van der Waals surface area contributed by atoms with Crippen molar-refractivity contribution in [1.29, 1.82) is 0 Å². The van der Waals surface area contributed by atoms with Crippen LogP contribution in [0.3, 0.4) is 0 Å². The quantitative estimate of drug-likeness (QED) is 0.635. The predicted octanol–water partition coefficient (Wildman–Crippen LogP) is 1.25. The molecule has 1 aromatic carbocycles. The fourth-order valence-electron chi connectivity index (χ4n) is 1.61. The van der Waals surface area contributed by atoms with Gasteiger partial charge in [0.1, 0.15) is 6.61 Å². The maximum absolute atomic E-state index is 11.6. The van der Waals surface area contributed by atoms with Crippen LogP contribution in [0.15, 0.2) is 42.7 Å². The van der Waals surface area contributed by atoms with E-state index in [1.54, 1.807) is 23.0 Å². The molecule has 0 unspecified atom stereocenters. The van der Waals surface area contributed by atoms with Crippen molar-refractivity contribution in [2.45, 2.75) is 13.0 Å². The lowest BCUT2D eigenvalue weighted by Gasteiger charge is -2.05. The Morgan fingerprint density at radius 2 is 2.28 bits per heavy atom. The van der Waals surface area contributed by atoms with Gasteiger partial charge in [0.25, 0.3) is 0 Å². The molecule has 94 valence electrons. The molecule has 0 aliphatic carbocycles. The van der Waals surface area contributed by atoms with Gasteiger partial charge >= 0.3 is 5.97 Å². The number of carbonyl (C=O) groups is 1. The minimum absolute atomic E-state index is 0.240. The Bertz CT molecular complexity index is 509. The molecule has 18 heavy (non-hydrogen) atoms. The molecule has 1 heterocycles. The highest BCUT2D eigenvalue weighted by Gasteiger charge is 2.05. The Morgan fingerprint density at radius 1 is 1.39 bits per heavy atom. The third-order valence-corrected chi connectivity index (χ3v) is 2.44. The average molecular weight is 245 g/mol. The second-order valence-corrected chi connectivity index (χ2v) is 3.91. The Kier molecular flexibility index (Phi) is 3.96. The molecule has 1 aromatic heterocycles. The first-order valence-corrected chi connectivity index (χ1v) is 5.71. The lowest BCUT2D eigenvalue weighted by Crippen LogP contribution is -2.13. The number of aromatic nitrogens is 2. The first kappa shape index (κ1) is 12.2. The molecule has 0 amide bonds. The van der Waals surface area contributed by atoms with E-state index in [0.29, 0.717) is 18.8 Å². The molecule has 0 spiro atoms. The minimum Gasteiger partial charge on any atom is -0.463 e. The van der Waals surface area contributed by atoms with Crippen molar-refractivity contribution in [2.24, 2.45) is 0 Å². The van der Waals surface area contributed by atoms with E-state index in [2.05, 4.69) is 5.10 Å². The van der Waals surface area contributed by atoms with Gasteiger partial charge in [-0.15, -0.1) is 0 Å². The molecule has 0 saturated heterocycles. The molecular weight excluding hydrogens is 230 g/mol. The van der Waals surface area contributed by atoms with Gasteiger partial charge in [-0.1, -0.05) is 12.1 Å².